The van der Waals surface area contributed by atoms with Crippen LogP contribution in [-0.2, 0) is 4.79 Å². The topological polar surface area (TPSA) is 73.1 Å². The molecule has 0 spiro atoms. The van der Waals surface area contributed by atoms with E-state index in [0.29, 0.717) is 11.8 Å². The Hall–Kier alpha value is -2.04. The van der Waals surface area contributed by atoms with Crippen molar-refractivity contribution in [3.8, 4) is 0 Å². The van der Waals surface area contributed by atoms with Gasteiger partial charge in [0, 0.05) is 12.3 Å². The first kappa shape index (κ1) is 10.0. The second-order valence-electron chi connectivity index (χ2n) is 2.50. The first-order chi connectivity index (χ1) is 6.63. The van der Waals surface area contributed by atoms with Crippen LogP contribution in [0.25, 0.3) is 6.08 Å². The van der Waals surface area contributed by atoms with Gasteiger partial charge in [-0.3, -0.25) is 9.59 Å². The smallest absolute Gasteiger partial charge is 0.241 e. The Morgan fingerprint density at radius 1 is 1.57 bits per heavy atom. The fourth-order valence-electron chi connectivity index (χ4n) is 0.834. The highest BCUT2D eigenvalue weighted by Crippen LogP contribution is 2.06. The number of primary amides is 1. The van der Waals surface area contributed by atoms with Gasteiger partial charge in [-0.1, -0.05) is 0 Å². The molecular formula is C9H7FN2O2. The summed E-state index contributed by atoms with van der Waals surface area (Å²) in [7, 11) is 0. The first-order valence-electron chi connectivity index (χ1n) is 3.71. The molecule has 0 fully saturated rings. The highest BCUT2D eigenvalue weighted by Gasteiger charge is 2.01. The largest absolute Gasteiger partial charge is 0.366 e. The van der Waals surface area contributed by atoms with Crippen LogP contribution >= 0.6 is 0 Å². The van der Waals surface area contributed by atoms with E-state index < -0.39 is 11.9 Å². The van der Waals surface area contributed by atoms with E-state index >= 15 is 0 Å². The van der Waals surface area contributed by atoms with Crippen molar-refractivity contribution in [2.24, 2.45) is 5.73 Å². The molecular weight excluding hydrogens is 187 g/mol. The van der Waals surface area contributed by atoms with Crippen molar-refractivity contribution in [2.75, 3.05) is 0 Å². The summed E-state index contributed by atoms with van der Waals surface area (Å²) in [6, 6.07) is 1.27. The molecule has 0 bridgehead atoms. The minimum atomic E-state index is -0.837. The molecule has 0 atom stereocenters. The lowest BCUT2D eigenvalue weighted by atomic mass is 10.2. The fourth-order valence-corrected chi connectivity index (χ4v) is 0.834. The van der Waals surface area contributed by atoms with Gasteiger partial charge in [-0.25, -0.2) is 4.98 Å². The highest BCUT2D eigenvalue weighted by molar-refractivity contribution is 5.90. The third kappa shape index (κ3) is 2.48. The van der Waals surface area contributed by atoms with Gasteiger partial charge in [0.05, 0.1) is 5.56 Å². The van der Waals surface area contributed by atoms with E-state index in [9.17, 15) is 14.0 Å². The van der Waals surface area contributed by atoms with Crippen LogP contribution in [0, 0.1) is 5.95 Å². The van der Waals surface area contributed by atoms with Crippen LogP contribution in [0.5, 0.6) is 0 Å². The summed E-state index contributed by atoms with van der Waals surface area (Å²) in [5.74, 6) is -1.46. The summed E-state index contributed by atoms with van der Waals surface area (Å²) in [6.07, 6.45) is 4.00. The first-order valence-corrected chi connectivity index (χ1v) is 3.71. The fraction of sp³-hybridized carbons (Fsp3) is 0. The quantitative estimate of drug-likeness (QED) is 0.433. The molecule has 4 nitrogen and oxygen atoms in total. The molecule has 72 valence electrons. The number of aldehydes is 1. The highest BCUT2D eigenvalue weighted by atomic mass is 19.1. The average Bonchev–Trinajstić information content (AvgIpc) is 2.16. The molecule has 0 aromatic carbocycles. The normalized spacial score (nSPS) is 10.4. The van der Waals surface area contributed by atoms with Gasteiger partial charge in [-0.2, -0.15) is 4.39 Å². The van der Waals surface area contributed by atoms with Gasteiger partial charge in [0.15, 0.2) is 6.29 Å². The van der Waals surface area contributed by atoms with E-state index in [1.54, 1.807) is 0 Å². The number of hydrogen-bond donors (Lipinski definition) is 1. The minimum absolute atomic E-state index is 0.156. The number of amides is 1. The molecule has 1 aromatic heterocycles. The van der Waals surface area contributed by atoms with Gasteiger partial charge >= 0.3 is 0 Å². The summed E-state index contributed by atoms with van der Waals surface area (Å²) >= 11 is 0. The predicted octanol–water partition coefficient (Wildman–Crippen LogP) is 0.532. The van der Waals surface area contributed by atoms with E-state index in [0.717, 1.165) is 6.08 Å². The Labute approximate surface area is 79.2 Å². The van der Waals surface area contributed by atoms with Crippen LogP contribution in [0.4, 0.5) is 4.39 Å². The molecule has 1 amide bonds. The summed E-state index contributed by atoms with van der Waals surface area (Å²) in [6.45, 7) is 0. The molecule has 0 aliphatic carbocycles. The van der Waals surface area contributed by atoms with Gasteiger partial charge in [-0.15, -0.1) is 0 Å². The zero-order valence-corrected chi connectivity index (χ0v) is 7.11. The van der Waals surface area contributed by atoms with Crippen LogP contribution in [0.1, 0.15) is 15.9 Å². The molecule has 1 heterocycles. The number of carbonyl (C=O) groups is 2. The Bertz CT molecular complexity index is 402. The lowest BCUT2D eigenvalue weighted by Gasteiger charge is -1.95. The Morgan fingerprint density at radius 3 is 2.86 bits per heavy atom. The van der Waals surface area contributed by atoms with Crippen LogP contribution in [-0.4, -0.2) is 17.2 Å². The standard InChI is InChI=1S/C9H7FN2O2/c10-9-7(5-13)3-6(4-12-9)1-2-8(11)14/h1-5H,(H2,11,14). The van der Waals surface area contributed by atoms with Crippen molar-refractivity contribution in [3.05, 3.63) is 35.4 Å². The number of halogens is 1. The molecule has 0 unspecified atom stereocenters. The van der Waals surface area contributed by atoms with Crippen molar-refractivity contribution < 1.29 is 14.0 Å². The number of hydrogen-bond acceptors (Lipinski definition) is 3. The second-order valence-corrected chi connectivity index (χ2v) is 2.50. The Kier molecular flexibility index (Phi) is 3.06. The predicted molar refractivity (Wildman–Crippen MR) is 47.8 cm³/mol. The van der Waals surface area contributed by atoms with Crippen LogP contribution in [0.15, 0.2) is 18.3 Å². The van der Waals surface area contributed by atoms with Crippen molar-refractivity contribution in [1.82, 2.24) is 4.98 Å². The van der Waals surface area contributed by atoms with Gasteiger partial charge in [-0.05, 0) is 17.7 Å². The molecule has 0 aliphatic heterocycles. The van der Waals surface area contributed by atoms with E-state index in [-0.39, 0.29) is 5.56 Å². The average molecular weight is 194 g/mol. The molecule has 0 aliphatic rings. The lowest BCUT2D eigenvalue weighted by molar-refractivity contribution is -0.113. The molecule has 0 radical (unpaired) electrons. The molecule has 5 heteroatoms. The van der Waals surface area contributed by atoms with Gasteiger partial charge in [0.2, 0.25) is 11.9 Å². The number of aromatic nitrogens is 1. The second kappa shape index (κ2) is 4.27. The minimum Gasteiger partial charge on any atom is -0.366 e. The molecule has 0 saturated carbocycles. The summed E-state index contributed by atoms with van der Waals surface area (Å²) in [5, 5.41) is 0. The van der Waals surface area contributed by atoms with Crippen LogP contribution in [0.2, 0.25) is 0 Å². The SMILES string of the molecule is NC(=O)C=Cc1cnc(F)c(C=O)c1. The number of nitrogens with two attached hydrogens (primary N) is 1. The summed E-state index contributed by atoms with van der Waals surface area (Å²) in [4.78, 5) is 24.0. The molecule has 14 heavy (non-hydrogen) atoms. The van der Waals surface area contributed by atoms with Crippen molar-refractivity contribution >= 4 is 18.3 Å². The van der Waals surface area contributed by atoms with Gasteiger partial charge < -0.3 is 5.73 Å². The summed E-state index contributed by atoms with van der Waals surface area (Å²) < 4.78 is 12.7. The number of pyridine rings is 1. The molecule has 0 saturated heterocycles. The lowest BCUT2D eigenvalue weighted by Crippen LogP contribution is -2.05. The number of carbonyl (C=O) groups excluding carboxylic acids is 2. The number of nitrogens with zero attached hydrogens (tertiary/aromatic N) is 1. The molecule has 2 N–H and O–H groups in total. The Morgan fingerprint density at radius 2 is 2.29 bits per heavy atom. The van der Waals surface area contributed by atoms with E-state index in [1.165, 1.54) is 18.3 Å². The maximum Gasteiger partial charge on any atom is 0.241 e. The zero-order chi connectivity index (χ0) is 10.6. The van der Waals surface area contributed by atoms with Crippen LogP contribution in [0.3, 0.4) is 0 Å². The monoisotopic (exact) mass is 194 g/mol. The van der Waals surface area contributed by atoms with Gasteiger partial charge in [0.1, 0.15) is 0 Å². The van der Waals surface area contributed by atoms with Crippen molar-refractivity contribution in [2.45, 2.75) is 0 Å². The van der Waals surface area contributed by atoms with Crippen molar-refractivity contribution in [1.29, 1.82) is 0 Å². The number of rotatable bonds is 3. The Balaban J connectivity index is 3.01. The molecule has 1 rings (SSSR count). The van der Waals surface area contributed by atoms with E-state index in [1.807, 2.05) is 0 Å². The van der Waals surface area contributed by atoms with Crippen LogP contribution < -0.4 is 5.73 Å². The van der Waals surface area contributed by atoms with E-state index in [2.05, 4.69) is 4.98 Å². The van der Waals surface area contributed by atoms with E-state index in [4.69, 9.17) is 5.73 Å². The summed E-state index contributed by atoms with van der Waals surface area (Å²) in [5.41, 5.74) is 5.13. The van der Waals surface area contributed by atoms with Gasteiger partial charge in [0.25, 0.3) is 0 Å². The van der Waals surface area contributed by atoms with Crippen molar-refractivity contribution in [3.63, 3.8) is 0 Å². The third-order valence-electron chi connectivity index (χ3n) is 1.45. The third-order valence-corrected chi connectivity index (χ3v) is 1.45. The maximum absolute atomic E-state index is 12.7. The maximum atomic E-state index is 12.7. The zero-order valence-electron chi connectivity index (χ0n) is 7.11. The molecule has 1 aromatic rings.